The van der Waals surface area contributed by atoms with Gasteiger partial charge in [0.25, 0.3) is 5.89 Å². The molecule has 2 aromatic rings. The van der Waals surface area contributed by atoms with Crippen molar-refractivity contribution in [1.82, 2.24) is 10.1 Å². The molecule has 0 saturated heterocycles. The molecule has 0 aliphatic carbocycles. The number of hydrogen-bond donors (Lipinski definition) is 1. The van der Waals surface area contributed by atoms with Crippen LogP contribution >= 0.6 is 0 Å². The Morgan fingerprint density at radius 3 is 2.76 bits per heavy atom. The van der Waals surface area contributed by atoms with Crippen LogP contribution in [-0.4, -0.2) is 22.4 Å². The first-order valence-electron chi connectivity index (χ1n) is 5.28. The van der Waals surface area contributed by atoms with Crippen LogP contribution in [0.1, 0.15) is 24.5 Å². The molecule has 1 heterocycles. The molecule has 1 unspecified atom stereocenters. The minimum Gasteiger partial charge on any atom is -0.496 e. The van der Waals surface area contributed by atoms with Gasteiger partial charge in [0, 0.05) is 0 Å². The molecule has 0 amide bonds. The third-order valence-corrected chi connectivity index (χ3v) is 2.40. The third-order valence-electron chi connectivity index (χ3n) is 2.40. The third kappa shape index (κ3) is 2.29. The first-order chi connectivity index (χ1) is 8.11. The van der Waals surface area contributed by atoms with E-state index < -0.39 is 6.10 Å². The lowest BCUT2D eigenvalue weighted by molar-refractivity contribution is 0.152. The van der Waals surface area contributed by atoms with Gasteiger partial charge in [-0.1, -0.05) is 11.2 Å². The van der Waals surface area contributed by atoms with E-state index in [1.165, 1.54) is 0 Å². The molecule has 0 radical (unpaired) electrons. The lowest BCUT2D eigenvalue weighted by Gasteiger charge is -2.05. The van der Waals surface area contributed by atoms with Crippen molar-refractivity contribution in [2.24, 2.45) is 0 Å². The van der Waals surface area contributed by atoms with Crippen molar-refractivity contribution >= 4 is 0 Å². The van der Waals surface area contributed by atoms with E-state index in [1.54, 1.807) is 14.0 Å². The molecule has 1 aromatic heterocycles. The van der Waals surface area contributed by atoms with Gasteiger partial charge < -0.3 is 14.4 Å². The summed E-state index contributed by atoms with van der Waals surface area (Å²) < 4.78 is 10.2. The number of hydrogen-bond acceptors (Lipinski definition) is 5. The fourth-order valence-electron chi connectivity index (χ4n) is 1.50. The Morgan fingerprint density at radius 2 is 2.18 bits per heavy atom. The molecule has 5 nitrogen and oxygen atoms in total. The van der Waals surface area contributed by atoms with Crippen LogP contribution in [0.4, 0.5) is 0 Å². The SMILES string of the molecule is COc1cc(C)ccc1-c1noc(C(C)O)n1. The van der Waals surface area contributed by atoms with E-state index in [2.05, 4.69) is 10.1 Å². The van der Waals surface area contributed by atoms with Crippen LogP contribution < -0.4 is 4.74 Å². The average Bonchev–Trinajstić information content (AvgIpc) is 2.78. The maximum absolute atomic E-state index is 9.33. The first kappa shape index (κ1) is 11.6. The molecule has 1 aromatic carbocycles. The van der Waals surface area contributed by atoms with Gasteiger partial charge in [0.15, 0.2) is 0 Å². The van der Waals surface area contributed by atoms with Crippen LogP contribution in [0.5, 0.6) is 5.75 Å². The van der Waals surface area contributed by atoms with Crippen molar-refractivity contribution in [3.05, 3.63) is 29.7 Å². The minimum absolute atomic E-state index is 0.197. The summed E-state index contributed by atoms with van der Waals surface area (Å²) in [6.45, 7) is 3.55. The summed E-state index contributed by atoms with van der Waals surface area (Å²) in [6.07, 6.45) is -0.771. The molecule has 0 aliphatic rings. The van der Waals surface area contributed by atoms with Gasteiger partial charge in [-0.15, -0.1) is 0 Å². The number of rotatable bonds is 3. The van der Waals surface area contributed by atoms with Crippen LogP contribution in [0.3, 0.4) is 0 Å². The van der Waals surface area contributed by atoms with E-state index in [-0.39, 0.29) is 5.89 Å². The predicted octanol–water partition coefficient (Wildman–Crippen LogP) is 2.11. The lowest BCUT2D eigenvalue weighted by Crippen LogP contribution is -1.92. The Labute approximate surface area is 99.0 Å². The molecular weight excluding hydrogens is 220 g/mol. The monoisotopic (exact) mass is 234 g/mol. The highest BCUT2D eigenvalue weighted by Gasteiger charge is 2.15. The maximum atomic E-state index is 9.33. The zero-order valence-corrected chi connectivity index (χ0v) is 9.97. The summed E-state index contributed by atoms with van der Waals surface area (Å²) in [5.41, 5.74) is 1.83. The second-order valence-electron chi connectivity index (χ2n) is 3.84. The molecule has 2 rings (SSSR count). The molecule has 0 aliphatic heterocycles. The second-order valence-corrected chi connectivity index (χ2v) is 3.84. The molecule has 17 heavy (non-hydrogen) atoms. The normalized spacial score (nSPS) is 12.5. The standard InChI is InChI=1S/C12H14N2O3/c1-7-4-5-9(10(6-7)16-3)11-13-12(8(2)15)17-14-11/h4-6,8,15H,1-3H3. The molecule has 0 fully saturated rings. The number of methoxy groups -OCH3 is 1. The maximum Gasteiger partial charge on any atom is 0.255 e. The number of nitrogens with zero attached hydrogens (tertiary/aromatic N) is 2. The van der Waals surface area contributed by atoms with E-state index in [1.807, 2.05) is 25.1 Å². The Kier molecular flexibility index (Phi) is 3.10. The van der Waals surface area contributed by atoms with Gasteiger partial charge in [0.1, 0.15) is 11.9 Å². The summed E-state index contributed by atoms with van der Waals surface area (Å²) in [5, 5.41) is 13.1. The van der Waals surface area contributed by atoms with Crippen molar-refractivity contribution in [2.75, 3.05) is 7.11 Å². The van der Waals surface area contributed by atoms with E-state index >= 15 is 0 Å². The van der Waals surface area contributed by atoms with Gasteiger partial charge in [-0.3, -0.25) is 0 Å². The molecule has 90 valence electrons. The topological polar surface area (TPSA) is 68.4 Å². The van der Waals surface area contributed by atoms with Crippen LogP contribution in [-0.2, 0) is 0 Å². The number of aromatic nitrogens is 2. The summed E-state index contributed by atoms with van der Waals surface area (Å²) >= 11 is 0. The van der Waals surface area contributed by atoms with Crippen molar-refractivity contribution in [3.63, 3.8) is 0 Å². The Hall–Kier alpha value is -1.88. The quantitative estimate of drug-likeness (QED) is 0.880. The van der Waals surface area contributed by atoms with Gasteiger partial charge in [-0.05, 0) is 31.5 Å². The van der Waals surface area contributed by atoms with E-state index in [4.69, 9.17) is 9.26 Å². The van der Waals surface area contributed by atoms with Crippen molar-refractivity contribution in [1.29, 1.82) is 0 Å². The van der Waals surface area contributed by atoms with Crippen LogP contribution in [0, 0.1) is 6.92 Å². The van der Waals surface area contributed by atoms with Gasteiger partial charge in [-0.25, -0.2) is 0 Å². The average molecular weight is 234 g/mol. The summed E-state index contributed by atoms with van der Waals surface area (Å²) in [6, 6.07) is 5.70. The van der Waals surface area contributed by atoms with Crippen molar-refractivity contribution < 1.29 is 14.4 Å². The molecule has 0 spiro atoms. The highest BCUT2D eigenvalue weighted by Crippen LogP contribution is 2.29. The first-order valence-corrected chi connectivity index (χ1v) is 5.28. The zero-order chi connectivity index (χ0) is 12.4. The number of aryl methyl sites for hydroxylation is 1. The highest BCUT2D eigenvalue weighted by molar-refractivity contribution is 5.64. The molecule has 5 heteroatoms. The van der Waals surface area contributed by atoms with Gasteiger partial charge >= 0.3 is 0 Å². The Morgan fingerprint density at radius 1 is 1.41 bits per heavy atom. The van der Waals surface area contributed by atoms with Gasteiger partial charge in [0.05, 0.1) is 12.7 Å². The lowest BCUT2D eigenvalue weighted by atomic mass is 10.1. The number of benzene rings is 1. The van der Waals surface area contributed by atoms with Crippen molar-refractivity contribution in [2.45, 2.75) is 20.0 Å². The van der Waals surface area contributed by atoms with Gasteiger partial charge in [-0.2, -0.15) is 4.98 Å². The minimum atomic E-state index is -0.771. The van der Waals surface area contributed by atoms with Crippen LogP contribution in [0.25, 0.3) is 11.4 Å². The zero-order valence-electron chi connectivity index (χ0n) is 9.97. The van der Waals surface area contributed by atoms with Crippen LogP contribution in [0.2, 0.25) is 0 Å². The van der Waals surface area contributed by atoms with E-state index in [0.29, 0.717) is 11.6 Å². The fourth-order valence-corrected chi connectivity index (χ4v) is 1.50. The smallest absolute Gasteiger partial charge is 0.255 e. The molecular formula is C12H14N2O3. The number of aliphatic hydroxyl groups is 1. The van der Waals surface area contributed by atoms with E-state index in [0.717, 1.165) is 11.1 Å². The summed E-state index contributed by atoms with van der Waals surface area (Å²) in [5.74, 6) is 1.29. The predicted molar refractivity (Wildman–Crippen MR) is 61.7 cm³/mol. The van der Waals surface area contributed by atoms with Crippen molar-refractivity contribution in [3.8, 4) is 17.1 Å². The summed E-state index contributed by atoms with van der Waals surface area (Å²) in [4.78, 5) is 4.11. The van der Waals surface area contributed by atoms with E-state index in [9.17, 15) is 5.11 Å². The Balaban J connectivity index is 2.44. The summed E-state index contributed by atoms with van der Waals surface area (Å²) in [7, 11) is 1.59. The molecule has 1 atom stereocenters. The van der Waals surface area contributed by atoms with Crippen LogP contribution in [0.15, 0.2) is 22.7 Å². The largest absolute Gasteiger partial charge is 0.496 e. The number of ether oxygens (including phenoxy) is 1. The fraction of sp³-hybridized carbons (Fsp3) is 0.333. The molecule has 1 N–H and O–H groups in total. The second kappa shape index (κ2) is 4.55. The number of aliphatic hydroxyl groups excluding tert-OH is 1. The Bertz CT molecular complexity index is 520. The molecule has 0 bridgehead atoms. The highest BCUT2D eigenvalue weighted by atomic mass is 16.5. The van der Waals surface area contributed by atoms with Gasteiger partial charge in [0.2, 0.25) is 5.82 Å². The molecule has 0 saturated carbocycles.